The number of aryl methyl sites for hydroxylation is 1. The molecule has 0 fully saturated rings. The molecular formula is C18H20N2O8S. The number of benzene rings is 2. The van der Waals surface area contributed by atoms with Crippen LogP contribution < -0.4 is 13.8 Å². The van der Waals surface area contributed by atoms with Gasteiger partial charge in [-0.2, -0.15) is 0 Å². The zero-order chi connectivity index (χ0) is 21.8. The maximum Gasteiger partial charge on any atom is 0.326 e. The van der Waals surface area contributed by atoms with Gasteiger partial charge in [-0.3, -0.25) is 19.2 Å². The molecule has 29 heavy (non-hydrogen) atoms. The quantitative estimate of drug-likeness (QED) is 0.359. The third kappa shape index (κ3) is 4.57. The van der Waals surface area contributed by atoms with Crippen molar-refractivity contribution in [3.05, 3.63) is 52.1 Å². The average molecular weight is 424 g/mol. The molecule has 0 aliphatic rings. The fourth-order valence-electron chi connectivity index (χ4n) is 2.57. The summed E-state index contributed by atoms with van der Waals surface area (Å²) in [6, 6.07) is 7.89. The predicted molar refractivity (Wildman–Crippen MR) is 104 cm³/mol. The Hall–Kier alpha value is -3.34. The van der Waals surface area contributed by atoms with Gasteiger partial charge in [-0.25, -0.2) is 8.42 Å². The van der Waals surface area contributed by atoms with Crippen LogP contribution in [0.5, 0.6) is 11.5 Å². The van der Waals surface area contributed by atoms with E-state index in [1.807, 2.05) is 0 Å². The molecule has 0 amide bonds. The van der Waals surface area contributed by atoms with Crippen molar-refractivity contribution in [3.63, 3.8) is 0 Å². The van der Waals surface area contributed by atoms with E-state index in [1.54, 1.807) is 6.07 Å². The molecule has 2 aromatic carbocycles. The molecule has 0 heterocycles. The van der Waals surface area contributed by atoms with Gasteiger partial charge in [0.2, 0.25) is 0 Å². The number of nitro groups is 1. The summed E-state index contributed by atoms with van der Waals surface area (Å²) in [6.45, 7) is 0.820. The van der Waals surface area contributed by atoms with Crippen LogP contribution in [0.15, 0.2) is 41.3 Å². The summed E-state index contributed by atoms with van der Waals surface area (Å²) in [7, 11) is -0.553. The van der Waals surface area contributed by atoms with E-state index >= 15 is 0 Å². The number of nitrogens with zero attached hydrogens (tertiary/aromatic N) is 2. The van der Waals surface area contributed by atoms with E-state index in [0.29, 0.717) is 5.75 Å². The number of sulfonamides is 1. The van der Waals surface area contributed by atoms with Crippen LogP contribution in [0.2, 0.25) is 0 Å². The number of rotatable bonds is 8. The van der Waals surface area contributed by atoms with E-state index in [1.165, 1.54) is 45.4 Å². The van der Waals surface area contributed by atoms with Crippen LogP contribution in [-0.4, -0.2) is 47.2 Å². The van der Waals surface area contributed by atoms with Gasteiger partial charge in [0.1, 0.15) is 18.0 Å². The fourth-order valence-corrected chi connectivity index (χ4v) is 4.23. The number of ether oxygens (including phenoxy) is 3. The molecule has 2 rings (SSSR count). The zero-order valence-electron chi connectivity index (χ0n) is 16.2. The first-order valence-corrected chi connectivity index (χ1v) is 9.66. The molecule has 0 aliphatic heterocycles. The van der Waals surface area contributed by atoms with Gasteiger partial charge in [-0.1, -0.05) is 6.07 Å². The molecule has 10 nitrogen and oxygen atoms in total. The highest BCUT2D eigenvalue weighted by atomic mass is 32.2. The number of non-ortho nitro benzene ring substituents is 1. The average Bonchev–Trinajstić information content (AvgIpc) is 2.71. The molecule has 0 aliphatic carbocycles. The number of hydrogen-bond acceptors (Lipinski definition) is 8. The highest BCUT2D eigenvalue weighted by Crippen LogP contribution is 2.36. The highest BCUT2D eigenvalue weighted by Gasteiger charge is 2.32. The van der Waals surface area contributed by atoms with Crippen LogP contribution in [0.4, 0.5) is 11.4 Å². The molecule has 0 N–H and O–H groups in total. The number of carbonyl (C=O) groups is 1. The molecule has 0 aromatic heterocycles. The highest BCUT2D eigenvalue weighted by molar-refractivity contribution is 7.93. The number of carbonyl (C=O) groups excluding carboxylic acids is 1. The normalized spacial score (nSPS) is 10.9. The fraction of sp³-hybridized carbons (Fsp3) is 0.278. The number of methoxy groups -OCH3 is 3. The third-order valence-corrected chi connectivity index (χ3v) is 6.01. The van der Waals surface area contributed by atoms with Crippen LogP contribution in [-0.2, 0) is 19.6 Å². The third-order valence-electron chi connectivity index (χ3n) is 4.11. The molecule has 11 heteroatoms. The summed E-state index contributed by atoms with van der Waals surface area (Å²) in [6.07, 6.45) is 0. The second-order valence-electron chi connectivity index (χ2n) is 5.83. The summed E-state index contributed by atoms with van der Waals surface area (Å²) in [5.74, 6) is -0.357. The molecule has 0 bridgehead atoms. The van der Waals surface area contributed by atoms with Gasteiger partial charge < -0.3 is 14.2 Å². The molecule has 0 spiro atoms. The molecule has 0 saturated heterocycles. The Bertz CT molecular complexity index is 1040. The van der Waals surface area contributed by atoms with E-state index in [9.17, 15) is 23.3 Å². The Morgan fingerprint density at radius 3 is 2.34 bits per heavy atom. The van der Waals surface area contributed by atoms with Gasteiger partial charge in [0.25, 0.3) is 15.7 Å². The lowest BCUT2D eigenvalue weighted by atomic mass is 10.2. The summed E-state index contributed by atoms with van der Waals surface area (Å²) >= 11 is 0. The molecule has 156 valence electrons. The van der Waals surface area contributed by atoms with Crippen LogP contribution in [0.1, 0.15) is 5.56 Å². The second-order valence-corrected chi connectivity index (χ2v) is 7.66. The van der Waals surface area contributed by atoms with Gasteiger partial charge in [0.05, 0.1) is 36.8 Å². The summed E-state index contributed by atoms with van der Waals surface area (Å²) in [5, 5.41) is 11.1. The monoisotopic (exact) mass is 424 g/mol. The van der Waals surface area contributed by atoms with Gasteiger partial charge in [0.15, 0.2) is 0 Å². The van der Waals surface area contributed by atoms with Crippen LogP contribution in [0.25, 0.3) is 0 Å². The van der Waals surface area contributed by atoms with Crippen molar-refractivity contribution in [1.82, 2.24) is 0 Å². The van der Waals surface area contributed by atoms with Crippen LogP contribution >= 0.6 is 0 Å². The minimum atomic E-state index is -4.41. The van der Waals surface area contributed by atoms with E-state index in [0.717, 1.165) is 17.5 Å². The first-order valence-electron chi connectivity index (χ1n) is 8.22. The zero-order valence-corrected chi connectivity index (χ0v) is 17.1. The van der Waals surface area contributed by atoms with Crippen LogP contribution in [0.3, 0.4) is 0 Å². The molecule has 0 radical (unpaired) electrons. The Balaban J connectivity index is 2.75. The Kier molecular flexibility index (Phi) is 6.64. The van der Waals surface area contributed by atoms with Crippen molar-refractivity contribution in [3.8, 4) is 11.5 Å². The standard InChI is InChI=1S/C18H20N2O8S/c1-12-5-6-13(20(22)23)9-17(12)29(24,25)19(11-18(21)28-4)15-10-14(26-2)7-8-16(15)27-3/h5-10H,11H2,1-4H3. The first-order chi connectivity index (χ1) is 13.6. The van der Waals surface area contributed by atoms with E-state index in [-0.39, 0.29) is 21.9 Å². The smallest absolute Gasteiger partial charge is 0.326 e. The SMILES string of the molecule is COC(=O)CN(c1cc(OC)ccc1OC)S(=O)(=O)c1cc([N+](=O)[O-])ccc1C. The van der Waals surface area contributed by atoms with Crippen molar-refractivity contribution in [2.45, 2.75) is 11.8 Å². The van der Waals surface area contributed by atoms with Crippen molar-refractivity contribution in [2.24, 2.45) is 0 Å². The number of hydrogen-bond donors (Lipinski definition) is 0. The maximum atomic E-state index is 13.4. The minimum Gasteiger partial charge on any atom is -0.497 e. The first kappa shape index (κ1) is 22.0. The van der Waals surface area contributed by atoms with Crippen molar-refractivity contribution in [1.29, 1.82) is 0 Å². The minimum absolute atomic E-state index is 0.0168. The van der Waals surface area contributed by atoms with E-state index < -0.39 is 33.1 Å². The van der Waals surface area contributed by atoms with E-state index in [2.05, 4.69) is 4.74 Å². The number of esters is 1. The lowest BCUT2D eigenvalue weighted by Crippen LogP contribution is -2.37. The Morgan fingerprint density at radius 2 is 1.79 bits per heavy atom. The topological polar surface area (TPSA) is 125 Å². The van der Waals surface area contributed by atoms with Crippen molar-refractivity contribution >= 4 is 27.4 Å². The van der Waals surface area contributed by atoms with Gasteiger partial charge in [-0.15, -0.1) is 0 Å². The van der Waals surface area contributed by atoms with Crippen molar-refractivity contribution < 1.29 is 32.3 Å². The van der Waals surface area contributed by atoms with Crippen LogP contribution in [0, 0.1) is 17.0 Å². The number of nitro benzene ring substituents is 1. The van der Waals surface area contributed by atoms with Crippen molar-refractivity contribution in [2.75, 3.05) is 32.2 Å². The van der Waals surface area contributed by atoms with Gasteiger partial charge in [-0.05, 0) is 24.6 Å². The van der Waals surface area contributed by atoms with Gasteiger partial charge >= 0.3 is 5.97 Å². The Labute approximate surface area is 167 Å². The molecule has 0 unspecified atom stereocenters. The summed E-state index contributed by atoms with van der Waals surface area (Å²) in [4.78, 5) is 22.1. The lowest BCUT2D eigenvalue weighted by molar-refractivity contribution is -0.385. The summed E-state index contributed by atoms with van der Waals surface area (Å²) in [5.41, 5.74) is -0.111. The van der Waals surface area contributed by atoms with E-state index in [4.69, 9.17) is 9.47 Å². The molecule has 0 saturated carbocycles. The summed E-state index contributed by atoms with van der Waals surface area (Å²) < 4.78 is 42.7. The largest absolute Gasteiger partial charge is 0.497 e. The number of anilines is 1. The predicted octanol–water partition coefficient (Wildman–Crippen LogP) is 2.29. The molecule has 2 aromatic rings. The second kappa shape index (κ2) is 8.78. The molecular weight excluding hydrogens is 404 g/mol. The molecule has 0 atom stereocenters. The maximum absolute atomic E-state index is 13.4. The lowest BCUT2D eigenvalue weighted by Gasteiger charge is -2.26. The Morgan fingerprint density at radius 1 is 1.10 bits per heavy atom. The van der Waals surface area contributed by atoms with Gasteiger partial charge in [0, 0.05) is 18.2 Å².